The van der Waals surface area contributed by atoms with Gasteiger partial charge in [-0.1, -0.05) is 20.8 Å². The number of hydrogen-bond acceptors (Lipinski definition) is 4. The molecule has 2 rings (SSSR count). The van der Waals surface area contributed by atoms with Crippen molar-refractivity contribution in [1.29, 1.82) is 0 Å². The molecule has 7 nitrogen and oxygen atoms in total. The molecule has 1 saturated heterocycles. The van der Waals surface area contributed by atoms with Gasteiger partial charge in [0.25, 0.3) is 0 Å². The molecule has 1 aliphatic heterocycles. The third-order valence-corrected chi connectivity index (χ3v) is 4.35. The van der Waals surface area contributed by atoms with Gasteiger partial charge in [-0.05, 0) is 18.6 Å². The zero-order valence-corrected chi connectivity index (χ0v) is 14.9. The van der Waals surface area contributed by atoms with Crippen molar-refractivity contribution in [2.75, 3.05) is 26.2 Å². The number of aromatic nitrogens is 3. The molecule has 0 unspecified atom stereocenters. The topological polar surface area (TPSA) is 74.2 Å². The molecular weight excluding hydrogens is 314 g/mol. The Labute approximate surface area is 141 Å². The third-order valence-electron chi connectivity index (χ3n) is 4.04. The molecule has 8 heteroatoms. The molecule has 2 amide bonds. The maximum absolute atomic E-state index is 12.5. The average Bonchev–Trinajstić information content (AvgIpc) is 2.87. The number of amides is 2. The van der Waals surface area contributed by atoms with Crippen molar-refractivity contribution in [3.8, 4) is 0 Å². The van der Waals surface area contributed by atoms with Crippen LogP contribution in [0.4, 0.5) is 0 Å². The predicted octanol–water partition coefficient (Wildman–Crippen LogP) is 1.22. The molecule has 2 heterocycles. The molecule has 128 valence electrons. The first kappa shape index (κ1) is 17.7. The van der Waals surface area contributed by atoms with Crippen LogP contribution in [0.3, 0.4) is 0 Å². The van der Waals surface area contributed by atoms with Crippen molar-refractivity contribution < 1.29 is 9.59 Å². The number of rotatable bonds is 5. The van der Waals surface area contributed by atoms with Crippen molar-refractivity contribution >= 4 is 24.0 Å². The van der Waals surface area contributed by atoms with Crippen LogP contribution in [-0.2, 0) is 22.6 Å². The molecule has 1 aliphatic rings. The molecular formula is C15H25N5O2S. The Morgan fingerprint density at radius 2 is 1.83 bits per heavy atom. The van der Waals surface area contributed by atoms with Gasteiger partial charge in [0.2, 0.25) is 11.8 Å². The molecule has 1 fully saturated rings. The van der Waals surface area contributed by atoms with Gasteiger partial charge in [-0.3, -0.25) is 19.3 Å². The van der Waals surface area contributed by atoms with E-state index >= 15 is 0 Å². The first-order valence-electron chi connectivity index (χ1n) is 8.14. The van der Waals surface area contributed by atoms with E-state index in [1.54, 1.807) is 9.47 Å². The van der Waals surface area contributed by atoms with Gasteiger partial charge in [0.15, 0.2) is 4.77 Å². The summed E-state index contributed by atoms with van der Waals surface area (Å²) in [5, 5.41) is 6.94. The van der Waals surface area contributed by atoms with Crippen LogP contribution in [0.2, 0.25) is 0 Å². The van der Waals surface area contributed by atoms with Crippen molar-refractivity contribution in [2.24, 2.45) is 5.92 Å². The Kier molecular flexibility index (Phi) is 5.92. The van der Waals surface area contributed by atoms with Crippen LogP contribution in [0.5, 0.6) is 0 Å². The maximum atomic E-state index is 12.5. The molecule has 1 N–H and O–H groups in total. The van der Waals surface area contributed by atoms with Gasteiger partial charge in [-0.2, -0.15) is 5.10 Å². The normalized spacial score (nSPS) is 15.3. The lowest BCUT2D eigenvalue weighted by molar-refractivity contribution is -0.141. The summed E-state index contributed by atoms with van der Waals surface area (Å²) in [5.41, 5.74) is 0. The summed E-state index contributed by atoms with van der Waals surface area (Å²) in [5.74, 6) is 0.994. The van der Waals surface area contributed by atoms with Crippen molar-refractivity contribution in [3.05, 3.63) is 10.6 Å². The van der Waals surface area contributed by atoms with E-state index in [1.165, 1.54) is 0 Å². The largest absolute Gasteiger partial charge is 0.339 e. The van der Waals surface area contributed by atoms with Crippen molar-refractivity contribution in [2.45, 2.75) is 40.2 Å². The van der Waals surface area contributed by atoms with E-state index in [4.69, 9.17) is 12.2 Å². The second kappa shape index (κ2) is 7.72. The zero-order chi connectivity index (χ0) is 17.0. The molecule has 0 bridgehead atoms. The Balaban J connectivity index is 1.95. The minimum Gasteiger partial charge on any atom is -0.339 e. The summed E-state index contributed by atoms with van der Waals surface area (Å²) in [6.07, 6.45) is 1.74. The monoisotopic (exact) mass is 339 g/mol. The molecule has 0 aliphatic carbocycles. The number of aromatic amines is 1. The van der Waals surface area contributed by atoms with Crippen LogP contribution in [-0.4, -0.2) is 62.6 Å². The van der Waals surface area contributed by atoms with E-state index in [1.807, 2.05) is 18.7 Å². The highest BCUT2D eigenvalue weighted by Crippen LogP contribution is 2.09. The Bertz CT molecular complexity index is 614. The van der Waals surface area contributed by atoms with Gasteiger partial charge in [0.1, 0.15) is 12.4 Å². The molecule has 0 atom stereocenters. The smallest absolute Gasteiger partial charge is 0.242 e. The lowest BCUT2D eigenvalue weighted by atomic mass is 10.1. The fourth-order valence-corrected chi connectivity index (χ4v) is 2.92. The van der Waals surface area contributed by atoms with Crippen LogP contribution in [0.15, 0.2) is 0 Å². The maximum Gasteiger partial charge on any atom is 0.242 e. The molecule has 0 spiro atoms. The van der Waals surface area contributed by atoms with Crippen LogP contribution >= 0.6 is 12.2 Å². The van der Waals surface area contributed by atoms with E-state index in [0.29, 0.717) is 31.0 Å². The molecule has 0 aromatic carbocycles. The van der Waals surface area contributed by atoms with E-state index in [9.17, 15) is 9.59 Å². The Morgan fingerprint density at radius 3 is 2.39 bits per heavy atom. The second-order valence-corrected chi connectivity index (χ2v) is 6.53. The second-order valence-electron chi connectivity index (χ2n) is 6.14. The van der Waals surface area contributed by atoms with Crippen molar-refractivity contribution in [1.82, 2.24) is 24.6 Å². The number of nitrogens with one attached hydrogen (secondary N) is 1. The number of carbonyl (C=O) groups is 2. The highest BCUT2D eigenvalue weighted by atomic mass is 32.1. The molecule has 0 saturated carbocycles. The minimum atomic E-state index is -0.00175. The number of hydrogen-bond donors (Lipinski definition) is 1. The van der Waals surface area contributed by atoms with Crippen LogP contribution < -0.4 is 0 Å². The van der Waals surface area contributed by atoms with Crippen LogP contribution in [0, 0.1) is 10.7 Å². The van der Waals surface area contributed by atoms with Crippen molar-refractivity contribution in [3.63, 3.8) is 0 Å². The third kappa shape index (κ3) is 4.19. The number of nitrogens with zero attached hydrogens (tertiary/aromatic N) is 4. The van der Waals surface area contributed by atoms with E-state index in [2.05, 4.69) is 17.1 Å². The first-order chi connectivity index (χ1) is 10.9. The lowest BCUT2D eigenvalue weighted by Crippen LogP contribution is -2.52. The highest BCUT2D eigenvalue weighted by Gasteiger charge is 2.25. The molecule has 23 heavy (non-hydrogen) atoms. The van der Waals surface area contributed by atoms with Gasteiger partial charge < -0.3 is 9.80 Å². The van der Waals surface area contributed by atoms with Crippen LogP contribution in [0.1, 0.15) is 33.0 Å². The summed E-state index contributed by atoms with van der Waals surface area (Å²) < 4.78 is 2.25. The summed E-state index contributed by atoms with van der Waals surface area (Å²) in [7, 11) is 0. The lowest BCUT2D eigenvalue weighted by Gasteiger charge is -2.35. The van der Waals surface area contributed by atoms with Gasteiger partial charge in [0, 0.05) is 38.5 Å². The average molecular weight is 339 g/mol. The van der Waals surface area contributed by atoms with E-state index in [0.717, 1.165) is 18.7 Å². The number of aryl methyl sites for hydroxylation is 1. The summed E-state index contributed by atoms with van der Waals surface area (Å²) in [6, 6.07) is 0. The fraction of sp³-hybridized carbons (Fsp3) is 0.733. The molecule has 0 radical (unpaired) electrons. The quantitative estimate of drug-likeness (QED) is 0.819. The Morgan fingerprint density at radius 1 is 1.22 bits per heavy atom. The predicted molar refractivity (Wildman–Crippen MR) is 89.4 cm³/mol. The number of piperazine rings is 1. The summed E-state index contributed by atoms with van der Waals surface area (Å²) in [4.78, 5) is 28.1. The first-order valence-corrected chi connectivity index (χ1v) is 8.55. The zero-order valence-electron chi connectivity index (χ0n) is 14.0. The fourth-order valence-electron chi connectivity index (χ4n) is 2.70. The van der Waals surface area contributed by atoms with E-state index < -0.39 is 0 Å². The van der Waals surface area contributed by atoms with Gasteiger partial charge in [0.05, 0.1) is 0 Å². The molecule has 1 aromatic heterocycles. The minimum absolute atomic E-state index is 0.00175. The number of H-pyrrole nitrogens is 1. The summed E-state index contributed by atoms with van der Waals surface area (Å²) >= 11 is 5.21. The van der Waals surface area contributed by atoms with Gasteiger partial charge in [-0.25, -0.2) is 0 Å². The van der Waals surface area contributed by atoms with E-state index in [-0.39, 0.29) is 24.3 Å². The Hall–Kier alpha value is -1.70. The summed E-state index contributed by atoms with van der Waals surface area (Å²) in [6.45, 7) is 8.42. The van der Waals surface area contributed by atoms with Crippen LogP contribution in [0.25, 0.3) is 0 Å². The number of carbonyl (C=O) groups excluding carboxylic acids is 2. The molecule has 1 aromatic rings. The SMILES string of the molecule is CCCc1n[nH]c(=S)n1CC(=O)N1CCN(C(=O)C(C)C)CC1. The highest BCUT2D eigenvalue weighted by molar-refractivity contribution is 7.71. The van der Waals surface area contributed by atoms with Gasteiger partial charge >= 0.3 is 0 Å². The van der Waals surface area contributed by atoms with Gasteiger partial charge in [-0.15, -0.1) is 0 Å². The standard InChI is InChI=1S/C15H25N5O2S/c1-4-5-12-16-17-15(23)20(12)10-13(21)18-6-8-19(9-7-18)14(22)11(2)3/h11H,4-10H2,1-3H3,(H,17,23).